The second-order valence-electron chi connectivity index (χ2n) is 4.26. The average Bonchev–Trinajstić information content (AvgIpc) is 2.45. The number of imide groups is 1. The second-order valence-corrected chi connectivity index (χ2v) is 4.88. The van der Waals surface area contributed by atoms with Gasteiger partial charge in [-0.05, 0) is 20.8 Å². The number of rotatable bonds is 5. The second kappa shape index (κ2) is 5.22. The van der Waals surface area contributed by atoms with E-state index in [1.165, 1.54) is 0 Å². The molecule has 1 aliphatic heterocycles. The summed E-state index contributed by atoms with van der Waals surface area (Å²) in [5, 5.41) is -0.651. The molecule has 0 aromatic rings. The monoisotopic (exact) mass is 256 g/mol. The lowest BCUT2D eigenvalue weighted by atomic mass is 9.75. The van der Waals surface area contributed by atoms with Crippen LogP contribution in [0.4, 0.5) is 0 Å². The maximum absolute atomic E-state index is 11.9. The van der Waals surface area contributed by atoms with Crippen LogP contribution in [0.5, 0.6) is 0 Å². The van der Waals surface area contributed by atoms with Crippen molar-refractivity contribution in [2.24, 2.45) is 0 Å². The minimum absolute atomic E-state index is 0.0286. The summed E-state index contributed by atoms with van der Waals surface area (Å²) in [6.45, 7) is 5.34. The van der Waals surface area contributed by atoms with Crippen molar-refractivity contribution < 1.29 is 19.1 Å². The van der Waals surface area contributed by atoms with Crippen LogP contribution >= 0.6 is 12.6 Å². The van der Waals surface area contributed by atoms with Crippen LogP contribution < -0.4 is 0 Å². The Labute approximate surface area is 107 Å². The zero-order valence-corrected chi connectivity index (χ0v) is 11.0. The van der Waals surface area contributed by atoms with Crippen LogP contribution in [0.1, 0.15) is 27.2 Å². The van der Waals surface area contributed by atoms with E-state index in [1.54, 1.807) is 20.8 Å². The van der Waals surface area contributed by atoms with E-state index in [0.717, 1.165) is 12.2 Å². The van der Waals surface area contributed by atoms with Crippen molar-refractivity contribution in [1.29, 1.82) is 0 Å². The predicted octanol–water partition coefficient (Wildman–Crippen LogP) is 0.00460. The fourth-order valence-corrected chi connectivity index (χ4v) is 1.76. The summed E-state index contributed by atoms with van der Waals surface area (Å²) in [5.41, 5.74) is -1.45. The number of hydrogen-bond donors (Lipinski definition) is 1. The Morgan fingerprint density at radius 3 is 2.59 bits per heavy atom. The molecule has 1 unspecified atom stereocenters. The summed E-state index contributed by atoms with van der Waals surface area (Å²) in [6, 6.07) is 0. The third-order valence-corrected chi connectivity index (χ3v) is 2.91. The molecule has 0 bridgehead atoms. The zero-order chi connectivity index (χ0) is 13.2. The van der Waals surface area contributed by atoms with E-state index in [0.29, 0.717) is 6.61 Å². The summed E-state index contributed by atoms with van der Waals surface area (Å²) >= 11 is 3.97. The molecular formula is C10H15BNO4S. The molecule has 1 atom stereocenters. The Morgan fingerprint density at radius 1 is 1.59 bits per heavy atom. The largest absolute Gasteiger partial charge is 0.369 e. The lowest BCUT2D eigenvalue weighted by Gasteiger charge is -2.24. The third-order valence-electron chi connectivity index (χ3n) is 2.50. The fraction of sp³-hybridized carbons (Fsp3) is 0.700. The van der Waals surface area contributed by atoms with Crippen LogP contribution in [0, 0.1) is 0 Å². The quantitative estimate of drug-likeness (QED) is 0.427. The van der Waals surface area contributed by atoms with Crippen molar-refractivity contribution in [2.45, 2.75) is 38.0 Å². The van der Waals surface area contributed by atoms with E-state index < -0.39 is 28.3 Å². The number of carbonyl (C=O) groups is 3. The van der Waals surface area contributed by atoms with Gasteiger partial charge in [-0.15, -0.1) is 0 Å². The van der Waals surface area contributed by atoms with E-state index in [1.807, 2.05) is 0 Å². The molecule has 17 heavy (non-hydrogen) atoms. The maximum atomic E-state index is 11.9. The maximum Gasteiger partial charge on any atom is 0.349 e. The van der Waals surface area contributed by atoms with Gasteiger partial charge < -0.3 is 14.3 Å². The van der Waals surface area contributed by atoms with E-state index in [-0.39, 0.29) is 6.42 Å². The van der Waals surface area contributed by atoms with Crippen LogP contribution in [0.2, 0.25) is 0 Å². The minimum atomic E-state index is -1.04. The first-order valence-electron chi connectivity index (χ1n) is 5.37. The first-order chi connectivity index (χ1) is 7.79. The van der Waals surface area contributed by atoms with Gasteiger partial charge in [0.25, 0.3) is 0 Å². The summed E-state index contributed by atoms with van der Waals surface area (Å²) in [5.74, 6) is -0.866. The highest BCUT2D eigenvalue weighted by atomic mass is 32.1. The van der Waals surface area contributed by atoms with Gasteiger partial charge >= 0.3 is 7.41 Å². The van der Waals surface area contributed by atoms with Crippen LogP contribution in [0.3, 0.4) is 0 Å². The standard InChI is InChI=1S/C10H15BNO4S/c1-4-16-10(2,3)9(15)11-12-7(13)5-6(17)8(12)14/h6,17H,4-5H2,1-3H3. The molecule has 5 nitrogen and oxygen atoms in total. The number of nitrogens with zero attached hydrogens (tertiary/aromatic N) is 1. The molecule has 93 valence electrons. The van der Waals surface area contributed by atoms with Gasteiger partial charge in [0.15, 0.2) is 0 Å². The molecule has 0 saturated carbocycles. The lowest BCUT2D eigenvalue weighted by Crippen LogP contribution is -2.47. The summed E-state index contributed by atoms with van der Waals surface area (Å²) in [6.07, 6.45) is 0.0286. The van der Waals surface area contributed by atoms with Gasteiger partial charge in [0.05, 0.1) is 5.25 Å². The fourth-order valence-electron chi connectivity index (χ4n) is 1.47. The molecule has 0 aromatic heterocycles. The molecule has 1 aliphatic rings. The first kappa shape index (κ1) is 14.2. The van der Waals surface area contributed by atoms with Gasteiger partial charge in [-0.1, -0.05) is 0 Å². The smallest absolute Gasteiger partial charge is 0.349 e. The average molecular weight is 256 g/mol. The molecule has 1 saturated heterocycles. The van der Waals surface area contributed by atoms with Gasteiger partial charge in [-0.2, -0.15) is 12.6 Å². The molecule has 1 heterocycles. The normalized spacial score (nSPS) is 20.9. The van der Waals surface area contributed by atoms with Crippen molar-refractivity contribution in [3.63, 3.8) is 0 Å². The van der Waals surface area contributed by atoms with Crippen molar-refractivity contribution >= 4 is 37.5 Å². The minimum Gasteiger partial charge on any atom is -0.369 e. The van der Waals surface area contributed by atoms with E-state index in [2.05, 4.69) is 12.6 Å². The number of thiol groups is 1. The summed E-state index contributed by atoms with van der Waals surface area (Å²) in [4.78, 5) is 35.7. The summed E-state index contributed by atoms with van der Waals surface area (Å²) < 4.78 is 5.25. The highest BCUT2D eigenvalue weighted by Crippen LogP contribution is 2.18. The van der Waals surface area contributed by atoms with Crippen molar-refractivity contribution in [1.82, 2.24) is 4.81 Å². The van der Waals surface area contributed by atoms with Crippen LogP contribution in [0.25, 0.3) is 0 Å². The molecule has 1 fully saturated rings. The van der Waals surface area contributed by atoms with Gasteiger partial charge in [-0.3, -0.25) is 9.59 Å². The number of amides is 2. The van der Waals surface area contributed by atoms with E-state index in [4.69, 9.17) is 4.74 Å². The van der Waals surface area contributed by atoms with E-state index >= 15 is 0 Å². The molecule has 7 heteroatoms. The summed E-state index contributed by atoms with van der Waals surface area (Å²) in [7, 11) is 1.01. The molecule has 0 aliphatic carbocycles. The van der Waals surface area contributed by atoms with Crippen molar-refractivity contribution in [3.05, 3.63) is 0 Å². The molecule has 1 radical (unpaired) electrons. The van der Waals surface area contributed by atoms with Crippen molar-refractivity contribution in [3.8, 4) is 0 Å². The highest BCUT2D eigenvalue weighted by molar-refractivity contribution is 7.81. The van der Waals surface area contributed by atoms with Crippen LogP contribution in [-0.4, -0.2) is 47.2 Å². The first-order valence-corrected chi connectivity index (χ1v) is 5.88. The molecule has 0 aromatic carbocycles. The zero-order valence-electron chi connectivity index (χ0n) is 10.1. The Hall–Kier alpha value is -0.815. The molecular weight excluding hydrogens is 241 g/mol. The Kier molecular flexibility index (Phi) is 4.38. The van der Waals surface area contributed by atoms with Gasteiger partial charge in [0.2, 0.25) is 11.8 Å². The van der Waals surface area contributed by atoms with Gasteiger partial charge in [0.1, 0.15) is 11.3 Å². The Morgan fingerprint density at radius 2 is 2.18 bits per heavy atom. The van der Waals surface area contributed by atoms with E-state index in [9.17, 15) is 14.4 Å². The number of ether oxygens (including phenoxy) is 1. The topological polar surface area (TPSA) is 63.7 Å². The SMILES string of the molecule is CCOC(C)(C)C(=O)[B]N1C(=O)CC(S)C1=O. The molecule has 2 amide bonds. The number of hydrogen-bond acceptors (Lipinski definition) is 5. The Balaban J connectivity index is 2.69. The molecule has 0 spiro atoms. The molecule has 1 rings (SSSR count). The predicted molar refractivity (Wildman–Crippen MR) is 65.7 cm³/mol. The highest BCUT2D eigenvalue weighted by Gasteiger charge is 2.41. The van der Waals surface area contributed by atoms with Gasteiger partial charge in [0, 0.05) is 13.0 Å². The third kappa shape index (κ3) is 3.10. The lowest BCUT2D eigenvalue weighted by molar-refractivity contribution is -0.137. The molecule has 0 N–H and O–H groups in total. The van der Waals surface area contributed by atoms with Crippen molar-refractivity contribution in [2.75, 3.05) is 6.61 Å². The number of carbonyl (C=O) groups excluding carboxylic acids is 3. The van der Waals surface area contributed by atoms with Gasteiger partial charge in [-0.25, -0.2) is 0 Å². The van der Waals surface area contributed by atoms with Crippen LogP contribution in [0.15, 0.2) is 0 Å². The van der Waals surface area contributed by atoms with Crippen LogP contribution in [-0.2, 0) is 19.1 Å². The Bertz CT molecular complexity index is 358.